The van der Waals surface area contributed by atoms with Crippen LogP contribution in [0.2, 0.25) is 0 Å². The van der Waals surface area contributed by atoms with Gasteiger partial charge in [-0.3, -0.25) is 9.59 Å². The lowest BCUT2D eigenvalue weighted by molar-refractivity contribution is -0.118. The van der Waals surface area contributed by atoms with Gasteiger partial charge in [0.25, 0.3) is 11.8 Å². The molecule has 0 bridgehead atoms. The van der Waals surface area contributed by atoms with Crippen molar-refractivity contribution in [3.05, 3.63) is 70.6 Å². The minimum atomic E-state index is -0.617. The zero-order chi connectivity index (χ0) is 23.8. The highest BCUT2D eigenvalue weighted by Crippen LogP contribution is 2.34. The van der Waals surface area contributed by atoms with Gasteiger partial charge in [0.1, 0.15) is 16.5 Å². The lowest BCUT2D eigenvalue weighted by Crippen LogP contribution is -2.21. The van der Waals surface area contributed by atoms with Crippen LogP contribution in [0.3, 0.4) is 0 Å². The van der Waals surface area contributed by atoms with Crippen LogP contribution in [0.5, 0.6) is 11.5 Å². The molecule has 0 saturated carbocycles. The maximum Gasteiger partial charge on any atom is 0.341 e. The number of nitrogens with one attached hydrogen (secondary N) is 2. The molecule has 3 aromatic rings. The van der Waals surface area contributed by atoms with E-state index in [0.717, 1.165) is 11.3 Å². The lowest BCUT2D eigenvalue weighted by Gasteiger charge is -2.09. The first-order chi connectivity index (χ1) is 15.9. The van der Waals surface area contributed by atoms with Gasteiger partial charge in [-0.1, -0.05) is 24.3 Å². The fourth-order valence-corrected chi connectivity index (χ4v) is 4.09. The minimum absolute atomic E-state index is 0.148. The summed E-state index contributed by atoms with van der Waals surface area (Å²) >= 11 is 1.00. The third-order valence-corrected chi connectivity index (χ3v) is 5.73. The summed E-state index contributed by atoms with van der Waals surface area (Å²) in [7, 11) is 1.54. The fraction of sp³-hybridized carbons (Fsp3) is 0.208. The number of carbonyl (C=O) groups is 3. The van der Waals surface area contributed by atoms with Crippen LogP contribution in [0, 0.1) is 6.92 Å². The lowest BCUT2D eigenvalue weighted by atomic mass is 10.1. The van der Waals surface area contributed by atoms with E-state index in [1.165, 1.54) is 7.11 Å². The van der Waals surface area contributed by atoms with E-state index in [0.29, 0.717) is 27.6 Å². The van der Waals surface area contributed by atoms with Crippen molar-refractivity contribution in [1.82, 2.24) is 0 Å². The number of ether oxygens (including phenoxy) is 3. The molecule has 3 rings (SSSR count). The van der Waals surface area contributed by atoms with Crippen LogP contribution in [0.1, 0.15) is 32.5 Å². The number of amides is 2. The van der Waals surface area contributed by atoms with Crippen LogP contribution < -0.4 is 20.1 Å². The summed E-state index contributed by atoms with van der Waals surface area (Å²) in [6.07, 6.45) is 0. The standard InChI is InChI=1S/C24H24N2O6S/c1-4-31-24(29)20-15(2)21(22(28)25-16-9-6-5-7-10-16)33-23(20)26-19(27)14-32-18-12-8-11-17(13-18)30-3/h5-13H,4,14H2,1-3H3,(H,25,28)(H,26,27). The molecule has 0 aliphatic heterocycles. The van der Waals surface area contributed by atoms with Gasteiger partial charge in [0.15, 0.2) is 6.61 Å². The van der Waals surface area contributed by atoms with Crippen LogP contribution in [0.4, 0.5) is 10.7 Å². The Kier molecular flexibility index (Phi) is 8.04. The second-order valence-corrected chi connectivity index (χ2v) is 7.84. The number of hydrogen-bond acceptors (Lipinski definition) is 7. The largest absolute Gasteiger partial charge is 0.497 e. The van der Waals surface area contributed by atoms with Crippen LogP contribution in [0.15, 0.2) is 54.6 Å². The number of esters is 1. The third kappa shape index (κ3) is 6.11. The molecule has 8 nitrogen and oxygen atoms in total. The normalized spacial score (nSPS) is 10.3. The van der Waals surface area contributed by atoms with Crippen molar-refractivity contribution < 1.29 is 28.6 Å². The third-order valence-electron chi connectivity index (χ3n) is 4.53. The summed E-state index contributed by atoms with van der Waals surface area (Å²) in [5, 5.41) is 5.69. The van der Waals surface area contributed by atoms with Gasteiger partial charge in [-0.05, 0) is 43.7 Å². The highest BCUT2D eigenvalue weighted by molar-refractivity contribution is 7.18. The highest BCUT2D eigenvalue weighted by Gasteiger charge is 2.26. The Morgan fingerprint density at radius 1 is 0.970 bits per heavy atom. The van der Waals surface area contributed by atoms with E-state index in [-0.39, 0.29) is 29.7 Å². The average Bonchev–Trinajstić information content (AvgIpc) is 3.14. The fourth-order valence-electron chi connectivity index (χ4n) is 2.98. The maximum absolute atomic E-state index is 12.8. The van der Waals surface area contributed by atoms with E-state index >= 15 is 0 Å². The van der Waals surface area contributed by atoms with E-state index in [1.807, 2.05) is 6.07 Å². The second kappa shape index (κ2) is 11.1. The molecule has 0 atom stereocenters. The molecule has 0 aliphatic rings. The van der Waals surface area contributed by atoms with Crippen LogP contribution in [-0.2, 0) is 9.53 Å². The van der Waals surface area contributed by atoms with Gasteiger partial charge in [0.2, 0.25) is 0 Å². The summed E-state index contributed by atoms with van der Waals surface area (Å²) in [4.78, 5) is 38.2. The first-order valence-corrected chi connectivity index (χ1v) is 11.0. The van der Waals surface area contributed by atoms with Crippen molar-refractivity contribution >= 4 is 39.8 Å². The van der Waals surface area contributed by atoms with Gasteiger partial charge in [-0.2, -0.15) is 0 Å². The van der Waals surface area contributed by atoms with Crippen molar-refractivity contribution in [3.8, 4) is 11.5 Å². The molecule has 2 N–H and O–H groups in total. The number of carbonyl (C=O) groups excluding carboxylic acids is 3. The molecule has 9 heteroatoms. The Morgan fingerprint density at radius 2 is 1.70 bits per heavy atom. The first-order valence-electron chi connectivity index (χ1n) is 10.2. The molecule has 0 saturated heterocycles. The molecular weight excluding hydrogens is 444 g/mol. The molecule has 172 valence electrons. The van der Waals surface area contributed by atoms with Gasteiger partial charge < -0.3 is 24.8 Å². The minimum Gasteiger partial charge on any atom is -0.497 e. The number of benzene rings is 2. The molecule has 1 aromatic heterocycles. The number of anilines is 2. The van der Waals surface area contributed by atoms with E-state index in [9.17, 15) is 14.4 Å². The molecule has 0 unspecified atom stereocenters. The summed E-state index contributed by atoms with van der Waals surface area (Å²) in [6.45, 7) is 3.19. The first kappa shape index (κ1) is 23.8. The maximum atomic E-state index is 12.8. The molecule has 2 aromatic carbocycles. The Labute approximate surface area is 195 Å². The monoisotopic (exact) mass is 468 g/mol. The molecule has 0 aliphatic carbocycles. The number of para-hydroxylation sites is 1. The van der Waals surface area contributed by atoms with Crippen LogP contribution >= 0.6 is 11.3 Å². The van der Waals surface area contributed by atoms with Crippen LogP contribution in [-0.4, -0.2) is 38.1 Å². The summed E-state index contributed by atoms with van der Waals surface area (Å²) < 4.78 is 15.8. The summed E-state index contributed by atoms with van der Waals surface area (Å²) in [5.74, 6) is -0.433. The number of rotatable bonds is 9. The van der Waals surface area contributed by atoms with Gasteiger partial charge in [-0.25, -0.2) is 4.79 Å². The quantitative estimate of drug-likeness (QED) is 0.448. The van der Waals surface area contributed by atoms with E-state index in [4.69, 9.17) is 14.2 Å². The average molecular weight is 469 g/mol. The predicted octanol–water partition coefficient (Wildman–Crippen LogP) is 4.51. The number of hydrogen-bond donors (Lipinski definition) is 2. The van der Waals surface area contributed by atoms with E-state index in [1.54, 1.807) is 62.4 Å². The molecule has 1 heterocycles. The van der Waals surface area contributed by atoms with Crippen LogP contribution in [0.25, 0.3) is 0 Å². The van der Waals surface area contributed by atoms with Crippen molar-refractivity contribution in [2.45, 2.75) is 13.8 Å². The molecule has 2 amide bonds. The summed E-state index contributed by atoms with van der Waals surface area (Å²) in [6, 6.07) is 15.8. The molecule has 33 heavy (non-hydrogen) atoms. The van der Waals surface area contributed by atoms with Gasteiger partial charge >= 0.3 is 5.97 Å². The van der Waals surface area contributed by atoms with Crippen molar-refractivity contribution in [1.29, 1.82) is 0 Å². The Bertz CT molecular complexity index is 1140. The van der Waals surface area contributed by atoms with E-state index < -0.39 is 11.9 Å². The Hall–Kier alpha value is -3.85. The van der Waals surface area contributed by atoms with Crippen molar-refractivity contribution in [2.24, 2.45) is 0 Å². The topological polar surface area (TPSA) is 103 Å². The zero-order valence-corrected chi connectivity index (χ0v) is 19.3. The number of thiophene rings is 1. The number of methoxy groups -OCH3 is 1. The van der Waals surface area contributed by atoms with E-state index in [2.05, 4.69) is 10.6 Å². The van der Waals surface area contributed by atoms with Crippen molar-refractivity contribution in [2.75, 3.05) is 31.0 Å². The molecule has 0 fully saturated rings. The Morgan fingerprint density at radius 3 is 2.39 bits per heavy atom. The highest BCUT2D eigenvalue weighted by atomic mass is 32.1. The Balaban J connectivity index is 1.78. The van der Waals surface area contributed by atoms with Gasteiger partial charge in [0.05, 0.1) is 24.2 Å². The SMILES string of the molecule is CCOC(=O)c1c(NC(=O)COc2cccc(OC)c2)sc(C(=O)Nc2ccccc2)c1C. The zero-order valence-electron chi connectivity index (χ0n) is 18.5. The molecule has 0 radical (unpaired) electrons. The molecule has 0 spiro atoms. The van der Waals surface area contributed by atoms with Gasteiger partial charge in [0, 0.05) is 11.8 Å². The molecular formula is C24H24N2O6S. The van der Waals surface area contributed by atoms with Gasteiger partial charge in [-0.15, -0.1) is 11.3 Å². The summed E-state index contributed by atoms with van der Waals surface area (Å²) in [5.41, 5.74) is 1.19. The van der Waals surface area contributed by atoms with Crippen molar-refractivity contribution in [3.63, 3.8) is 0 Å². The smallest absolute Gasteiger partial charge is 0.341 e. The predicted molar refractivity (Wildman–Crippen MR) is 127 cm³/mol. The second-order valence-electron chi connectivity index (χ2n) is 6.82.